The Kier molecular flexibility index (Phi) is 5.18. The van der Waals surface area contributed by atoms with E-state index in [0.717, 1.165) is 18.6 Å². The minimum absolute atomic E-state index is 0.0244. The van der Waals surface area contributed by atoms with Gasteiger partial charge in [-0.1, -0.05) is 37.9 Å². The van der Waals surface area contributed by atoms with Crippen molar-refractivity contribution in [3.8, 4) is 17.1 Å². The SMILES string of the molecule is CC[C@H](C)Cn1c(-c2c(F)cccc2F)c(Cl)nc(-n2ccnc2)c1=O. The van der Waals surface area contributed by atoms with Gasteiger partial charge in [-0.3, -0.25) is 9.36 Å². The molecule has 0 aliphatic heterocycles. The van der Waals surface area contributed by atoms with E-state index in [4.69, 9.17) is 11.6 Å². The van der Waals surface area contributed by atoms with Crippen LogP contribution in [-0.4, -0.2) is 19.1 Å². The summed E-state index contributed by atoms with van der Waals surface area (Å²) in [5, 5.41) is -0.152. The van der Waals surface area contributed by atoms with Crippen LogP contribution in [0.5, 0.6) is 0 Å². The third-order valence-corrected chi connectivity index (χ3v) is 4.51. The molecule has 0 amide bonds. The zero-order valence-electron chi connectivity index (χ0n) is 14.3. The molecule has 1 atom stereocenters. The molecule has 0 radical (unpaired) electrons. The molecule has 26 heavy (non-hydrogen) atoms. The van der Waals surface area contributed by atoms with Crippen molar-refractivity contribution in [1.29, 1.82) is 0 Å². The van der Waals surface area contributed by atoms with E-state index in [2.05, 4.69) is 9.97 Å². The van der Waals surface area contributed by atoms with E-state index in [1.165, 1.54) is 27.7 Å². The van der Waals surface area contributed by atoms with Crippen LogP contribution in [-0.2, 0) is 6.54 Å². The quantitative estimate of drug-likeness (QED) is 0.672. The molecule has 0 aliphatic carbocycles. The number of imidazole rings is 1. The van der Waals surface area contributed by atoms with Gasteiger partial charge in [-0.05, 0) is 18.1 Å². The summed E-state index contributed by atoms with van der Waals surface area (Å²) in [7, 11) is 0. The summed E-state index contributed by atoms with van der Waals surface area (Å²) >= 11 is 6.29. The predicted octanol–water partition coefficient (Wildman–Crippen LogP) is 4.07. The number of hydrogen-bond acceptors (Lipinski definition) is 3. The summed E-state index contributed by atoms with van der Waals surface area (Å²) in [5.74, 6) is -1.49. The Labute approximate surface area is 153 Å². The fourth-order valence-corrected chi connectivity index (χ4v) is 2.93. The van der Waals surface area contributed by atoms with E-state index < -0.39 is 17.2 Å². The van der Waals surface area contributed by atoms with E-state index in [1.807, 2.05) is 13.8 Å². The third-order valence-electron chi connectivity index (χ3n) is 4.25. The van der Waals surface area contributed by atoms with Crippen molar-refractivity contribution in [2.45, 2.75) is 26.8 Å². The van der Waals surface area contributed by atoms with Crippen LogP contribution in [0.25, 0.3) is 17.1 Å². The first-order valence-corrected chi connectivity index (χ1v) is 8.54. The summed E-state index contributed by atoms with van der Waals surface area (Å²) in [6.07, 6.45) is 5.25. The zero-order chi connectivity index (χ0) is 18.8. The van der Waals surface area contributed by atoms with Crippen LogP contribution in [0.2, 0.25) is 5.15 Å². The van der Waals surface area contributed by atoms with Gasteiger partial charge < -0.3 is 4.57 Å². The Morgan fingerprint density at radius 3 is 2.54 bits per heavy atom. The van der Waals surface area contributed by atoms with Gasteiger partial charge in [0.05, 0.1) is 11.3 Å². The van der Waals surface area contributed by atoms with Gasteiger partial charge in [0.2, 0.25) is 5.82 Å². The molecule has 0 unspecified atom stereocenters. The number of benzene rings is 1. The second-order valence-corrected chi connectivity index (χ2v) is 6.43. The summed E-state index contributed by atoms with van der Waals surface area (Å²) in [6.45, 7) is 4.17. The molecule has 0 aliphatic rings. The van der Waals surface area contributed by atoms with E-state index in [-0.39, 0.29) is 34.7 Å². The monoisotopic (exact) mass is 378 g/mol. The first kappa shape index (κ1) is 18.3. The lowest BCUT2D eigenvalue weighted by atomic mass is 10.1. The molecule has 0 bridgehead atoms. The van der Waals surface area contributed by atoms with E-state index in [1.54, 1.807) is 6.20 Å². The van der Waals surface area contributed by atoms with Crippen molar-refractivity contribution < 1.29 is 8.78 Å². The van der Waals surface area contributed by atoms with E-state index in [9.17, 15) is 13.6 Å². The minimum atomic E-state index is -0.804. The van der Waals surface area contributed by atoms with Gasteiger partial charge in [-0.15, -0.1) is 0 Å². The van der Waals surface area contributed by atoms with E-state index in [0.29, 0.717) is 0 Å². The Morgan fingerprint density at radius 1 is 1.27 bits per heavy atom. The fraction of sp³-hybridized carbons (Fsp3) is 0.278. The highest BCUT2D eigenvalue weighted by Gasteiger charge is 2.23. The van der Waals surface area contributed by atoms with Crippen molar-refractivity contribution in [2.75, 3.05) is 0 Å². The Bertz CT molecular complexity index is 965. The molecule has 2 aromatic heterocycles. The van der Waals surface area contributed by atoms with Crippen LogP contribution in [0.15, 0.2) is 41.7 Å². The van der Waals surface area contributed by atoms with Gasteiger partial charge >= 0.3 is 0 Å². The largest absolute Gasteiger partial charge is 0.302 e. The molecule has 5 nitrogen and oxygen atoms in total. The summed E-state index contributed by atoms with van der Waals surface area (Å²) in [5.41, 5.74) is -0.913. The lowest BCUT2D eigenvalue weighted by Crippen LogP contribution is -2.30. The van der Waals surface area contributed by atoms with Gasteiger partial charge in [0.1, 0.15) is 18.0 Å². The Morgan fingerprint density at radius 2 is 1.96 bits per heavy atom. The van der Waals surface area contributed by atoms with Gasteiger partial charge in [-0.25, -0.2) is 18.7 Å². The molecule has 136 valence electrons. The van der Waals surface area contributed by atoms with Crippen LogP contribution >= 0.6 is 11.6 Å². The van der Waals surface area contributed by atoms with Crippen molar-refractivity contribution in [1.82, 2.24) is 19.1 Å². The lowest BCUT2D eigenvalue weighted by molar-refractivity contribution is 0.459. The molecular formula is C18H17ClF2N4O. The molecule has 0 saturated carbocycles. The fourth-order valence-electron chi connectivity index (χ4n) is 2.66. The highest BCUT2D eigenvalue weighted by atomic mass is 35.5. The average molecular weight is 379 g/mol. The van der Waals surface area contributed by atoms with Gasteiger partial charge in [0.15, 0.2) is 5.15 Å². The minimum Gasteiger partial charge on any atom is -0.302 e. The number of aromatic nitrogens is 4. The average Bonchev–Trinajstić information content (AvgIpc) is 3.14. The molecule has 0 N–H and O–H groups in total. The summed E-state index contributed by atoms with van der Waals surface area (Å²) < 4.78 is 31.4. The van der Waals surface area contributed by atoms with Crippen LogP contribution in [0.4, 0.5) is 8.78 Å². The Balaban J connectivity index is 2.34. The highest BCUT2D eigenvalue weighted by molar-refractivity contribution is 6.31. The second-order valence-electron chi connectivity index (χ2n) is 6.07. The topological polar surface area (TPSA) is 52.7 Å². The standard InChI is InChI=1S/C18H17ClF2N4O/c1-3-11(2)9-25-15(14-12(20)5-4-6-13(14)21)16(19)23-17(18(25)26)24-8-7-22-10-24/h4-8,10-11H,3,9H2,1-2H3/t11-/m0/s1. The molecule has 3 rings (SSSR count). The maximum absolute atomic E-state index is 14.4. The molecule has 3 aromatic rings. The summed E-state index contributed by atoms with van der Waals surface area (Å²) in [4.78, 5) is 21.0. The summed E-state index contributed by atoms with van der Waals surface area (Å²) in [6, 6.07) is 3.50. The molecule has 2 heterocycles. The predicted molar refractivity (Wildman–Crippen MR) is 95.4 cm³/mol. The normalized spacial score (nSPS) is 12.3. The van der Waals surface area contributed by atoms with Crippen molar-refractivity contribution >= 4 is 11.6 Å². The van der Waals surface area contributed by atoms with E-state index >= 15 is 0 Å². The van der Waals surface area contributed by atoms with Crippen molar-refractivity contribution in [2.24, 2.45) is 5.92 Å². The van der Waals surface area contributed by atoms with Gasteiger partial charge in [0.25, 0.3) is 5.56 Å². The van der Waals surface area contributed by atoms with Crippen LogP contribution in [0.3, 0.4) is 0 Å². The van der Waals surface area contributed by atoms with Crippen molar-refractivity contribution in [3.63, 3.8) is 0 Å². The first-order valence-electron chi connectivity index (χ1n) is 8.17. The lowest BCUT2D eigenvalue weighted by Gasteiger charge is -2.19. The molecular weight excluding hydrogens is 362 g/mol. The maximum Gasteiger partial charge on any atom is 0.294 e. The maximum atomic E-state index is 14.4. The second kappa shape index (κ2) is 7.37. The van der Waals surface area contributed by atoms with Gasteiger partial charge in [0, 0.05) is 18.9 Å². The molecule has 1 aromatic carbocycles. The zero-order valence-corrected chi connectivity index (χ0v) is 15.0. The smallest absolute Gasteiger partial charge is 0.294 e. The molecule has 0 fully saturated rings. The first-order chi connectivity index (χ1) is 12.4. The molecule has 0 saturated heterocycles. The van der Waals surface area contributed by atoms with Crippen LogP contribution in [0, 0.1) is 17.6 Å². The van der Waals surface area contributed by atoms with Gasteiger partial charge in [-0.2, -0.15) is 0 Å². The highest BCUT2D eigenvalue weighted by Crippen LogP contribution is 2.31. The van der Waals surface area contributed by atoms with Crippen molar-refractivity contribution in [3.05, 3.63) is 64.1 Å². The number of halogens is 3. The number of rotatable bonds is 5. The number of hydrogen-bond donors (Lipinski definition) is 0. The number of nitrogens with zero attached hydrogens (tertiary/aromatic N) is 4. The molecule has 0 spiro atoms. The van der Waals surface area contributed by atoms with Crippen LogP contribution in [0.1, 0.15) is 20.3 Å². The third kappa shape index (κ3) is 3.26. The van der Waals surface area contributed by atoms with Crippen LogP contribution < -0.4 is 5.56 Å². The molecule has 8 heteroatoms. The Hall–Kier alpha value is -2.54.